The molecule has 1 heterocycles. The van der Waals surface area contributed by atoms with Gasteiger partial charge in [-0.2, -0.15) is 0 Å². The van der Waals surface area contributed by atoms with Crippen LogP contribution in [0, 0.1) is 5.41 Å². The van der Waals surface area contributed by atoms with Crippen molar-refractivity contribution >= 4 is 15.7 Å². The zero-order valence-electron chi connectivity index (χ0n) is 11.7. The number of hydrogen-bond acceptors (Lipinski definition) is 4. The zero-order chi connectivity index (χ0) is 14.8. The van der Waals surface area contributed by atoms with Gasteiger partial charge in [-0.15, -0.1) is 0 Å². The highest BCUT2D eigenvalue weighted by Gasteiger charge is 2.23. The van der Waals surface area contributed by atoms with Crippen molar-refractivity contribution in [3.63, 3.8) is 0 Å². The minimum atomic E-state index is -3.32. The summed E-state index contributed by atoms with van der Waals surface area (Å²) in [4.78, 5) is 2.46. The Bertz CT molecular complexity index is 598. The number of nitrogens with two attached hydrogens (primary N) is 1. The van der Waals surface area contributed by atoms with E-state index in [0.717, 1.165) is 19.4 Å². The summed E-state index contributed by atoms with van der Waals surface area (Å²) in [7, 11) is -3.32. The maximum Gasteiger partial charge on any atom is 0.179 e. The van der Waals surface area contributed by atoms with E-state index >= 15 is 0 Å². The smallest absolute Gasteiger partial charge is 0.179 e. The molecular weight excluding hydrogens is 274 g/mol. The van der Waals surface area contributed by atoms with E-state index in [2.05, 4.69) is 11.8 Å². The summed E-state index contributed by atoms with van der Waals surface area (Å²) in [6.45, 7) is 3.67. The molecule has 0 amide bonds. The maximum absolute atomic E-state index is 12.3. The van der Waals surface area contributed by atoms with Gasteiger partial charge in [-0.3, -0.25) is 10.3 Å². The Balaban J connectivity index is 2.10. The van der Waals surface area contributed by atoms with Crippen LogP contribution in [-0.4, -0.2) is 44.0 Å². The summed E-state index contributed by atoms with van der Waals surface area (Å²) in [5.41, 5.74) is 5.84. The highest BCUT2D eigenvalue weighted by molar-refractivity contribution is 7.91. The third-order valence-electron chi connectivity index (χ3n) is 3.84. The average molecular weight is 295 g/mol. The van der Waals surface area contributed by atoms with E-state index in [-0.39, 0.29) is 16.5 Å². The molecule has 2 rings (SSSR count). The highest BCUT2D eigenvalue weighted by Crippen LogP contribution is 2.18. The topological polar surface area (TPSA) is 87.2 Å². The van der Waals surface area contributed by atoms with Crippen LogP contribution in [0.25, 0.3) is 0 Å². The molecular formula is C14H21N3O2S. The summed E-state index contributed by atoms with van der Waals surface area (Å²) >= 11 is 0. The van der Waals surface area contributed by atoms with Gasteiger partial charge in [-0.05, 0) is 38.4 Å². The number of rotatable bonds is 5. The number of hydrogen-bond donors (Lipinski definition) is 2. The second-order valence-electron chi connectivity index (χ2n) is 5.29. The van der Waals surface area contributed by atoms with Crippen LogP contribution in [0.5, 0.6) is 0 Å². The predicted octanol–water partition coefficient (Wildman–Crippen LogP) is 1.23. The molecule has 1 aliphatic heterocycles. The first-order valence-corrected chi connectivity index (χ1v) is 8.46. The number of amidine groups is 1. The molecule has 20 heavy (non-hydrogen) atoms. The molecule has 0 aromatic heterocycles. The van der Waals surface area contributed by atoms with E-state index in [1.807, 2.05) is 0 Å². The molecule has 1 unspecified atom stereocenters. The van der Waals surface area contributed by atoms with E-state index in [1.54, 1.807) is 18.2 Å². The van der Waals surface area contributed by atoms with E-state index in [0.29, 0.717) is 18.2 Å². The van der Waals surface area contributed by atoms with Gasteiger partial charge in [0.2, 0.25) is 0 Å². The molecule has 1 aromatic rings. The van der Waals surface area contributed by atoms with E-state index in [4.69, 9.17) is 11.1 Å². The zero-order valence-corrected chi connectivity index (χ0v) is 12.5. The Kier molecular flexibility index (Phi) is 4.45. The number of benzene rings is 1. The third-order valence-corrected chi connectivity index (χ3v) is 5.53. The molecule has 1 atom stereocenters. The van der Waals surface area contributed by atoms with Crippen molar-refractivity contribution in [1.82, 2.24) is 4.90 Å². The largest absolute Gasteiger partial charge is 0.384 e. The Morgan fingerprint density at radius 2 is 2.25 bits per heavy atom. The summed E-state index contributed by atoms with van der Waals surface area (Å²) in [5.74, 6) is -0.00572. The normalized spacial score (nSPS) is 20.1. The maximum atomic E-state index is 12.3. The van der Waals surface area contributed by atoms with Crippen molar-refractivity contribution in [2.24, 2.45) is 5.73 Å². The van der Waals surface area contributed by atoms with Crippen LogP contribution in [-0.2, 0) is 9.84 Å². The van der Waals surface area contributed by atoms with Gasteiger partial charge in [0.25, 0.3) is 0 Å². The van der Waals surface area contributed by atoms with Gasteiger partial charge in [0.05, 0.1) is 10.6 Å². The molecule has 6 heteroatoms. The molecule has 1 aromatic carbocycles. The molecule has 1 saturated heterocycles. The quantitative estimate of drug-likeness (QED) is 0.632. The van der Waals surface area contributed by atoms with Crippen molar-refractivity contribution in [2.45, 2.75) is 30.7 Å². The van der Waals surface area contributed by atoms with Crippen molar-refractivity contribution < 1.29 is 8.42 Å². The van der Waals surface area contributed by atoms with Gasteiger partial charge in [0.15, 0.2) is 9.84 Å². The van der Waals surface area contributed by atoms with E-state index in [9.17, 15) is 8.42 Å². The first-order valence-electron chi connectivity index (χ1n) is 6.81. The van der Waals surface area contributed by atoms with Gasteiger partial charge < -0.3 is 5.73 Å². The summed E-state index contributed by atoms with van der Waals surface area (Å²) in [5, 5.41) is 7.38. The summed E-state index contributed by atoms with van der Waals surface area (Å²) < 4.78 is 24.7. The molecule has 0 radical (unpaired) electrons. The SMILES string of the molecule is CC1CCCN1CCS(=O)(=O)c1cccc(C(=N)N)c1. The summed E-state index contributed by atoms with van der Waals surface area (Å²) in [6, 6.07) is 6.78. The fourth-order valence-electron chi connectivity index (χ4n) is 2.54. The van der Waals surface area contributed by atoms with E-state index in [1.165, 1.54) is 6.07 Å². The number of likely N-dealkylation sites (tertiary alicyclic amines) is 1. The van der Waals surface area contributed by atoms with Crippen molar-refractivity contribution in [3.05, 3.63) is 29.8 Å². The van der Waals surface area contributed by atoms with Gasteiger partial charge in [0.1, 0.15) is 5.84 Å². The fourth-order valence-corrected chi connectivity index (χ4v) is 3.84. The molecule has 0 aliphatic carbocycles. The standard InChI is InChI=1S/C14H21N3O2S/c1-11-4-3-7-17(11)8-9-20(18,19)13-6-2-5-12(10-13)14(15)16/h2,5-6,10-11H,3-4,7-9H2,1H3,(H3,15,16). The molecule has 3 N–H and O–H groups in total. The highest BCUT2D eigenvalue weighted by atomic mass is 32.2. The monoisotopic (exact) mass is 295 g/mol. The summed E-state index contributed by atoms with van der Waals surface area (Å²) in [6.07, 6.45) is 2.28. The lowest BCUT2D eigenvalue weighted by molar-refractivity contribution is 0.284. The number of nitrogens with zero attached hydrogens (tertiary/aromatic N) is 1. The number of sulfone groups is 1. The molecule has 0 bridgehead atoms. The number of nitrogens with one attached hydrogen (secondary N) is 1. The molecule has 1 fully saturated rings. The van der Waals surface area contributed by atoms with E-state index < -0.39 is 9.84 Å². The second kappa shape index (κ2) is 5.93. The lowest BCUT2D eigenvalue weighted by Crippen LogP contribution is -2.32. The van der Waals surface area contributed by atoms with Crippen LogP contribution in [0.3, 0.4) is 0 Å². The molecule has 5 nitrogen and oxygen atoms in total. The molecule has 1 aliphatic rings. The Morgan fingerprint density at radius 1 is 1.50 bits per heavy atom. The van der Waals surface area contributed by atoms with Gasteiger partial charge in [-0.1, -0.05) is 12.1 Å². The van der Waals surface area contributed by atoms with Crippen LogP contribution in [0.2, 0.25) is 0 Å². The number of nitrogen functional groups attached to an aromatic ring is 1. The van der Waals surface area contributed by atoms with Gasteiger partial charge in [0, 0.05) is 18.2 Å². The van der Waals surface area contributed by atoms with Crippen LogP contribution in [0.1, 0.15) is 25.3 Å². The van der Waals surface area contributed by atoms with Gasteiger partial charge >= 0.3 is 0 Å². The predicted molar refractivity (Wildman–Crippen MR) is 79.8 cm³/mol. The van der Waals surface area contributed by atoms with Crippen LogP contribution in [0.4, 0.5) is 0 Å². The Labute approximate surface area is 120 Å². The van der Waals surface area contributed by atoms with Crippen molar-refractivity contribution in [2.75, 3.05) is 18.8 Å². The average Bonchev–Trinajstić information content (AvgIpc) is 2.82. The van der Waals surface area contributed by atoms with Crippen LogP contribution >= 0.6 is 0 Å². The Hall–Kier alpha value is -1.40. The first-order chi connectivity index (χ1) is 9.40. The van der Waals surface area contributed by atoms with Crippen molar-refractivity contribution in [1.29, 1.82) is 5.41 Å². The fraction of sp³-hybridized carbons (Fsp3) is 0.500. The third kappa shape index (κ3) is 3.37. The first kappa shape index (κ1) is 15.0. The minimum absolute atomic E-state index is 0.110. The van der Waals surface area contributed by atoms with Crippen LogP contribution < -0.4 is 5.73 Å². The van der Waals surface area contributed by atoms with Gasteiger partial charge in [-0.25, -0.2) is 8.42 Å². The molecule has 0 spiro atoms. The Morgan fingerprint density at radius 3 is 2.85 bits per heavy atom. The molecule has 110 valence electrons. The molecule has 0 saturated carbocycles. The lowest BCUT2D eigenvalue weighted by Gasteiger charge is -2.20. The van der Waals surface area contributed by atoms with Crippen molar-refractivity contribution in [3.8, 4) is 0 Å². The minimum Gasteiger partial charge on any atom is -0.384 e. The second-order valence-corrected chi connectivity index (χ2v) is 7.40. The van der Waals surface area contributed by atoms with Crippen LogP contribution in [0.15, 0.2) is 29.2 Å². The lowest BCUT2D eigenvalue weighted by atomic mass is 10.2.